The lowest BCUT2D eigenvalue weighted by Gasteiger charge is -2.10. The fourth-order valence-corrected chi connectivity index (χ4v) is 6.25. The molecule has 0 spiro atoms. The summed E-state index contributed by atoms with van der Waals surface area (Å²) in [5, 5.41) is 4.65. The van der Waals surface area contributed by atoms with Crippen LogP contribution >= 0.6 is 0 Å². The van der Waals surface area contributed by atoms with E-state index in [-0.39, 0.29) is 0 Å². The molecule has 0 radical (unpaired) electrons. The first-order chi connectivity index (χ1) is 20.3. The third kappa shape index (κ3) is 3.31. The van der Waals surface area contributed by atoms with E-state index >= 15 is 0 Å². The van der Waals surface area contributed by atoms with Gasteiger partial charge in [-0.3, -0.25) is 4.57 Å². The van der Waals surface area contributed by atoms with Crippen LogP contribution in [0.2, 0.25) is 0 Å². The number of aromatic amines is 1. The van der Waals surface area contributed by atoms with Crippen LogP contribution in [-0.4, -0.2) is 14.5 Å². The predicted molar refractivity (Wildman–Crippen MR) is 169 cm³/mol. The molecule has 9 aromatic rings. The third-order valence-corrected chi connectivity index (χ3v) is 8.16. The van der Waals surface area contributed by atoms with Gasteiger partial charge in [-0.15, -0.1) is 0 Å². The Morgan fingerprint density at radius 1 is 0.561 bits per heavy atom. The summed E-state index contributed by atoms with van der Waals surface area (Å²) in [7, 11) is 0. The molecule has 3 heterocycles. The van der Waals surface area contributed by atoms with E-state index in [1.807, 2.05) is 12.1 Å². The molecular weight excluding hydrogens is 502 g/mol. The van der Waals surface area contributed by atoms with Crippen molar-refractivity contribution in [1.82, 2.24) is 14.5 Å². The summed E-state index contributed by atoms with van der Waals surface area (Å²) in [6.07, 6.45) is 0. The molecule has 0 atom stereocenters. The Balaban J connectivity index is 1.27. The molecule has 1 N–H and O–H groups in total. The molecule has 4 nitrogen and oxygen atoms in total. The summed E-state index contributed by atoms with van der Waals surface area (Å²) in [4.78, 5) is 8.68. The monoisotopic (exact) mass is 525 g/mol. The number of furan rings is 1. The van der Waals surface area contributed by atoms with Crippen molar-refractivity contribution in [3.63, 3.8) is 0 Å². The van der Waals surface area contributed by atoms with E-state index in [1.54, 1.807) is 0 Å². The molecule has 0 amide bonds. The summed E-state index contributed by atoms with van der Waals surface area (Å²) >= 11 is 0. The Morgan fingerprint density at radius 3 is 2.24 bits per heavy atom. The normalized spacial score (nSPS) is 11.9. The molecule has 0 aliphatic rings. The van der Waals surface area contributed by atoms with Gasteiger partial charge in [0.05, 0.1) is 16.6 Å². The van der Waals surface area contributed by atoms with Crippen LogP contribution in [-0.2, 0) is 0 Å². The van der Waals surface area contributed by atoms with Crippen LogP contribution in [0.5, 0.6) is 0 Å². The Bertz CT molecular complexity index is 2420. The van der Waals surface area contributed by atoms with Gasteiger partial charge in [0.2, 0.25) is 0 Å². The molecule has 192 valence electrons. The molecule has 0 unspecified atom stereocenters. The number of fused-ring (bicyclic) bond motifs is 7. The minimum atomic E-state index is 0.871. The number of H-pyrrole nitrogens is 1. The molecule has 0 fully saturated rings. The van der Waals surface area contributed by atoms with Crippen molar-refractivity contribution in [2.45, 2.75) is 0 Å². The highest BCUT2D eigenvalue weighted by Gasteiger charge is 2.17. The van der Waals surface area contributed by atoms with Crippen LogP contribution in [0, 0.1) is 0 Å². The average molecular weight is 526 g/mol. The summed E-state index contributed by atoms with van der Waals surface area (Å²) in [6.45, 7) is 0. The topological polar surface area (TPSA) is 46.8 Å². The second-order valence-electron chi connectivity index (χ2n) is 10.5. The maximum atomic E-state index is 6.32. The van der Waals surface area contributed by atoms with Crippen LogP contribution in [0.1, 0.15) is 0 Å². The molecular formula is C37H23N3O. The highest BCUT2D eigenvalue weighted by molar-refractivity contribution is 6.13. The number of nitrogens with one attached hydrogen (secondary N) is 1. The van der Waals surface area contributed by atoms with Gasteiger partial charge in [0.25, 0.3) is 0 Å². The summed E-state index contributed by atoms with van der Waals surface area (Å²) in [6, 6.07) is 46.6. The molecule has 0 saturated carbocycles. The van der Waals surface area contributed by atoms with Gasteiger partial charge in [-0.25, -0.2) is 4.98 Å². The van der Waals surface area contributed by atoms with Gasteiger partial charge in [-0.2, -0.15) is 0 Å². The average Bonchev–Trinajstić information content (AvgIpc) is 3.72. The van der Waals surface area contributed by atoms with Gasteiger partial charge in [-0.1, -0.05) is 84.9 Å². The van der Waals surface area contributed by atoms with Crippen LogP contribution in [0.25, 0.3) is 83.0 Å². The number of aromatic nitrogens is 3. The molecule has 0 saturated heterocycles. The lowest BCUT2D eigenvalue weighted by Crippen LogP contribution is -1.97. The first kappa shape index (κ1) is 22.2. The molecule has 0 bridgehead atoms. The highest BCUT2D eigenvalue weighted by Crippen LogP contribution is 2.38. The van der Waals surface area contributed by atoms with Gasteiger partial charge in [-0.05, 0) is 54.1 Å². The maximum absolute atomic E-state index is 6.32. The largest absolute Gasteiger partial charge is 0.456 e. The zero-order chi connectivity index (χ0) is 26.9. The van der Waals surface area contributed by atoms with Crippen molar-refractivity contribution < 1.29 is 4.42 Å². The van der Waals surface area contributed by atoms with E-state index in [0.29, 0.717) is 0 Å². The van der Waals surface area contributed by atoms with Crippen LogP contribution in [0.3, 0.4) is 0 Å². The maximum Gasteiger partial charge on any atom is 0.145 e. The standard InChI is InChI=1S/C37H23N3O/c1-2-9-23(10-3-1)37-39-32-15-6-7-16-33(32)40(37)25-18-20-35-30(22-25)29-21-24(17-19-34(29)41-35)26-12-8-13-28-27-11-4-5-14-31(27)38-36(26)28/h1-22,38H. The molecule has 41 heavy (non-hydrogen) atoms. The van der Waals surface area contributed by atoms with Crippen LogP contribution in [0.4, 0.5) is 0 Å². The smallest absolute Gasteiger partial charge is 0.145 e. The van der Waals surface area contributed by atoms with E-state index in [2.05, 4.69) is 131 Å². The number of benzene rings is 6. The van der Waals surface area contributed by atoms with Gasteiger partial charge in [0.1, 0.15) is 17.0 Å². The van der Waals surface area contributed by atoms with Gasteiger partial charge in [0.15, 0.2) is 0 Å². The van der Waals surface area contributed by atoms with Crippen molar-refractivity contribution >= 4 is 54.8 Å². The molecule has 9 rings (SSSR count). The Labute approximate surface area is 235 Å². The SMILES string of the molecule is c1ccc(-c2nc3ccccc3n2-c2ccc3oc4ccc(-c5cccc6c5[nH]c5ccccc56)cc4c3c2)cc1. The Hall–Kier alpha value is -5.61. The molecule has 0 aliphatic carbocycles. The molecule has 0 aliphatic heterocycles. The minimum absolute atomic E-state index is 0.871. The number of rotatable bonds is 3. The lowest BCUT2D eigenvalue weighted by atomic mass is 10.00. The van der Waals surface area contributed by atoms with Crippen molar-refractivity contribution in [3.8, 4) is 28.2 Å². The predicted octanol–water partition coefficient (Wildman–Crippen LogP) is 9.89. The summed E-state index contributed by atoms with van der Waals surface area (Å²) in [5.74, 6) is 0.921. The first-order valence-corrected chi connectivity index (χ1v) is 13.8. The minimum Gasteiger partial charge on any atom is -0.456 e. The second kappa shape index (κ2) is 8.44. The third-order valence-electron chi connectivity index (χ3n) is 8.16. The van der Waals surface area contributed by atoms with E-state index in [9.17, 15) is 0 Å². The number of para-hydroxylation sites is 4. The van der Waals surface area contributed by atoms with E-state index in [1.165, 1.54) is 16.3 Å². The lowest BCUT2D eigenvalue weighted by molar-refractivity contribution is 0.669. The highest BCUT2D eigenvalue weighted by atomic mass is 16.3. The van der Waals surface area contributed by atoms with Crippen molar-refractivity contribution in [2.24, 2.45) is 0 Å². The fraction of sp³-hybridized carbons (Fsp3) is 0. The molecule has 3 aromatic heterocycles. The quantitative estimate of drug-likeness (QED) is 0.249. The van der Waals surface area contributed by atoms with Crippen molar-refractivity contribution in [2.75, 3.05) is 0 Å². The van der Waals surface area contributed by atoms with Gasteiger partial charge in [0, 0.05) is 43.9 Å². The second-order valence-corrected chi connectivity index (χ2v) is 10.5. The number of hydrogen-bond acceptors (Lipinski definition) is 2. The number of imidazole rings is 1. The summed E-state index contributed by atoms with van der Waals surface area (Å²) in [5.41, 5.74) is 10.6. The zero-order valence-electron chi connectivity index (χ0n) is 22.0. The van der Waals surface area contributed by atoms with E-state index in [4.69, 9.17) is 9.40 Å². The number of hydrogen-bond donors (Lipinski definition) is 1. The van der Waals surface area contributed by atoms with E-state index in [0.717, 1.165) is 66.6 Å². The number of nitrogens with zero attached hydrogens (tertiary/aromatic N) is 2. The fourth-order valence-electron chi connectivity index (χ4n) is 6.25. The van der Waals surface area contributed by atoms with Gasteiger partial charge >= 0.3 is 0 Å². The van der Waals surface area contributed by atoms with Crippen molar-refractivity contribution in [1.29, 1.82) is 0 Å². The molecule has 6 aromatic carbocycles. The van der Waals surface area contributed by atoms with Gasteiger partial charge < -0.3 is 9.40 Å². The first-order valence-electron chi connectivity index (χ1n) is 13.8. The summed E-state index contributed by atoms with van der Waals surface area (Å²) < 4.78 is 8.57. The van der Waals surface area contributed by atoms with Crippen molar-refractivity contribution in [3.05, 3.63) is 133 Å². The van der Waals surface area contributed by atoms with Crippen LogP contribution < -0.4 is 0 Å². The molecule has 4 heteroatoms. The zero-order valence-corrected chi connectivity index (χ0v) is 22.0. The van der Waals surface area contributed by atoms with E-state index < -0.39 is 0 Å². The Kier molecular flexibility index (Phi) is 4.58. The Morgan fingerprint density at radius 2 is 1.32 bits per heavy atom. The van der Waals surface area contributed by atoms with Crippen LogP contribution in [0.15, 0.2) is 138 Å².